The van der Waals surface area contributed by atoms with Crippen LogP contribution in [-0.2, 0) is 0 Å². The lowest BCUT2D eigenvalue weighted by molar-refractivity contribution is 0.0719. The molecule has 4 aromatic heterocycles. The normalized spacial score (nSPS) is 15.8. The van der Waals surface area contributed by atoms with Crippen molar-refractivity contribution in [3.63, 3.8) is 0 Å². The van der Waals surface area contributed by atoms with Crippen molar-refractivity contribution < 1.29 is 28.4 Å². The third-order valence-corrected chi connectivity index (χ3v) is 12.1. The summed E-state index contributed by atoms with van der Waals surface area (Å²) in [7, 11) is -1.51. The molecule has 4 aromatic carbocycles. The first-order valence-corrected chi connectivity index (χ1v) is 22.3. The van der Waals surface area contributed by atoms with E-state index in [1.165, 1.54) is 36.4 Å². The SMILES string of the molecule is C[C@@H]1CN(C(=O)c2ccccc2)CCN1c1nnc(-c2ccc(F)cc2)c2ccncc12.C[C@@H]1CN(C(=O)c2ccccc2)CCN1c1nnc(Cl)c2ccncc12.OB(O)c1ccc(F)cc1. The van der Waals surface area contributed by atoms with Crippen molar-refractivity contribution in [1.82, 2.24) is 40.2 Å². The Morgan fingerprint density at radius 3 is 1.51 bits per heavy atom. The van der Waals surface area contributed by atoms with Gasteiger partial charge in [-0.2, -0.15) is 0 Å². The highest BCUT2D eigenvalue weighted by Crippen LogP contribution is 2.33. The Kier molecular flexibility index (Phi) is 14.8. The van der Waals surface area contributed by atoms with Crippen LogP contribution < -0.4 is 15.3 Å². The molecule has 18 heteroatoms. The smallest absolute Gasteiger partial charge is 0.423 e. The number of pyridine rings is 2. The lowest BCUT2D eigenvalue weighted by Gasteiger charge is -2.40. The summed E-state index contributed by atoms with van der Waals surface area (Å²) in [6.07, 6.45) is 6.97. The van der Waals surface area contributed by atoms with Crippen LogP contribution in [0.2, 0.25) is 5.15 Å². The molecule has 0 aliphatic carbocycles. The van der Waals surface area contributed by atoms with Gasteiger partial charge in [0.1, 0.15) is 17.3 Å². The van der Waals surface area contributed by atoms with Gasteiger partial charge in [0.05, 0.1) is 0 Å². The number of amides is 2. The predicted octanol–water partition coefficient (Wildman–Crippen LogP) is 6.72. The monoisotopic (exact) mass is 934 g/mol. The maximum absolute atomic E-state index is 13.4. The Balaban J connectivity index is 0.000000155. The molecule has 8 aromatic rings. The van der Waals surface area contributed by atoms with E-state index in [2.05, 4.69) is 54.0 Å². The van der Waals surface area contributed by atoms with E-state index < -0.39 is 7.12 Å². The number of nitrogens with zero attached hydrogens (tertiary/aromatic N) is 10. The third-order valence-electron chi connectivity index (χ3n) is 11.8. The van der Waals surface area contributed by atoms with Crippen molar-refractivity contribution in [2.45, 2.75) is 25.9 Å². The molecule has 6 heterocycles. The zero-order valence-corrected chi connectivity index (χ0v) is 37.9. The van der Waals surface area contributed by atoms with Crippen LogP contribution in [0.5, 0.6) is 0 Å². The lowest BCUT2D eigenvalue weighted by Crippen LogP contribution is -2.54. The van der Waals surface area contributed by atoms with E-state index in [0.29, 0.717) is 66.7 Å². The Labute approximate surface area is 396 Å². The molecule has 344 valence electrons. The largest absolute Gasteiger partial charge is 0.488 e. The number of halogens is 3. The molecule has 2 aliphatic rings. The molecule has 0 spiro atoms. The fourth-order valence-electron chi connectivity index (χ4n) is 8.26. The summed E-state index contributed by atoms with van der Waals surface area (Å²) in [5.41, 5.74) is 3.20. The molecule has 0 unspecified atom stereocenters. The second-order valence-corrected chi connectivity index (χ2v) is 16.6. The number of piperazine rings is 2. The number of benzene rings is 4. The first kappa shape index (κ1) is 47.0. The minimum atomic E-state index is -1.51. The van der Waals surface area contributed by atoms with Crippen LogP contribution in [0.1, 0.15) is 34.6 Å². The predicted molar refractivity (Wildman–Crippen MR) is 260 cm³/mol. The Hall–Kier alpha value is -7.47. The quantitative estimate of drug-likeness (QED) is 0.170. The van der Waals surface area contributed by atoms with Gasteiger partial charge in [-0.3, -0.25) is 19.6 Å². The highest BCUT2D eigenvalue weighted by atomic mass is 35.5. The van der Waals surface area contributed by atoms with E-state index >= 15 is 0 Å². The number of rotatable bonds is 6. The number of hydrogen-bond acceptors (Lipinski definition) is 12. The molecule has 2 saturated heterocycles. The van der Waals surface area contributed by atoms with Gasteiger partial charge in [-0.1, -0.05) is 60.1 Å². The molecular weight excluding hydrogens is 889 g/mol. The molecule has 2 atom stereocenters. The summed E-state index contributed by atoms with van der Waals surface area (Å²) in [5, 5.41) is 38.4. The van der Waals surface area contributed by atoms with E-state index in [4.69, 9.17) is 21.6 Å². The highest BCUT2D eigenvalue weighted by Gasteiger charge is 2.31. The van der Waals surface area contributed by atoms with Crippen LogP contribution >= 0.6 is 11.6 Å². The van der Waals surface area contributed by atoms with Crippen LogP contribution in [0.25, 0.3) is 32.8 Å². The highest BCUT2D eigenvalue weighted by molar-refractivity contribution is 6.58. The summed E-state index contributed by atoms with van der Waals surface area (Å²) in [5.74, 6) is 0.938. The lowest BCUT2D eigenvalue weighted by atomic mass is 9.80. The van der Waals surface area contributed by atoms with Crippen LogP contribution in [0.15, 0.2) is 146 Å². The zero-order chi connectivity index (χ0) is 47.7. The van der Waals surface area contributed by atoms with E-state index in [-0.39, 0.29) is 35.5 Å². The molecule has 2 fully saturated rings. The minimum Gasteiger partial charge on any atom is -0.423 e. The third kappa shape index (κ3) is 10.7. The van der Waals surface area contributed by atoms with Crippen molar-refractivity contribution in [2.75, 3.05) is 49.1 Å². The van der Waals surface area contributed by atoms with Crippen LogP contribution in [0, 0.1) is 11.6 Å². The summed E-state index contributed by atoms with van der Waals surface area (Å²) in [6.45, 7) is 7.95. The van der Waals surface area contributed by atoms with Crippen molar-refractivity contribution >= 4 is 69.2 Å². The van der Waals surface area contributed by atoms with Crippen molar-refractivity contribution in [3.8, 4) is 11.3 Å². The first-order valence-electron chi connectivity index (χ1n) is 21.9. The van der Waals surface area contributed by atoms with Crippen LogP contribution in [-0.4, -0.2) is 120 Å². The second-order valence-electron chi connectivity index (χ2n) is 16.3. The second kappa shape index (κ2) is 21.4. The fraction of sp³-hybridized carbons (Fsp3) is 0.200. The maximum atomic E-state index is 13.4. The Morgan fingerprint density at radius 2 is 1.03 bits per heavy atom. The Bertz CT molecular complexity index is 3000. The van der Waals surface area contributed by atoms with Gasteiger partial charge in [0.15, 0.2) is 16.8 Å². The fourth-order valence-corrected chi connectivity index (χ4v) is 8.46. The van der Waals surface area contributed by atoms with Gasteiger partial charge in [-0.25, -0.2) is 8.78 Å². The molecule has 10 rings (SSSR count). The molecule has 0 saturated carbocycles. The van der Waals surface area contributed by atoms with Gasteiger partial charge in [-0.15, -0.1) is 20.4 Å². The van der Waals surface area contributed by atoms with Crippen molar-refractivity contribution in [3.05, 3.63) is 174 Å². The molecule has 2 N–H and O–H groups in total. The van der Waals surface area contributed by atoms with Crippen LogP contribution in [0.4, 0.5) is 20.4 Å². The minimum absolute atomic E-state index is 0.0429. The van der Waals surface area contributed by atoms with E-state index in [9.17, 15) is 18.4 Å². The van der Waals surface area contributed by atoms with Gasteiger partial charge in [-0.05, 0) is 92.1 Å². The average Bonchev–Trinajstić information content (AvgIpc) is 3.37. The zero-order valence-electron chi connectivity index (χ0n) is 37.1. The van der Waals surface area contributed by atoms with Gasteiger partial charge >= 0.3 is 7.12 Å². The summed E-state index contributed by atoms with van der Waals surface area (Å²) in [6, 6.07) is 33.9. The number of anilines is 2. The first-order chi connectivity index (χ1) is 33.0. The maximum Gasteiger partial charge on any atom is 0.488 e. The molecule has 0 bridgehead atoms. The topological polar surface area (TPSA) is 165 Å². The number of aromatic nitrogens is 6. The molecule has 68 heavy (non-hydrogen) atoms. The summed E-state index contributed by atoms with van der Waals surface area (Å²) in [4.78, 5) is 42.2. The van der Waals surface area contributed by atoms with Gasteiger partial charge in [0.25, 0.3) is 11.8 Å². The molecule has 0 radical (unpaired) electrons. The van der Waals surface area contributed by atoms with Crippen molar-refractivity contribution in [2.24, 2.45) is 0 Å². The summed E-state index contributed by atoms with van der Waals surface area (Å²) >= 11 is 6.16. The molecule has 2 amide bonds. The number of hydrogen-bond donors (Lipinski definition) is 2. The van der Waals surface area contributed by atoms with E-state index in [1.807, 2.05) is 82.6 Å². The number of carbonyl (C=O) groups excluding carboxylic acids is 2. The van der Waals surface area contributed by atoms with E-state index in [1.54, 1.807) is 36.9 Å². The van der Waals surface area contributed by atoms with Gasteiger partial charge in [0, 0.05) is 114 Å². The molecule has 14 nitrogen and oxygen atoms in total. The Morgan fingerprint density at radius 1 is 0.574 bits per heavy atom. The van der Waals surface area contributed by atoms with Gasteiger partial charge in [0.2, 0.25) is 0 Å². The van der Waals surface area contributed by atoms with Gasteiger partial charge < -0.3 is 29.6 Å². The summed E-state index contributed by atoms with van der Waals surface area (Å²) < 4.78 is 25.6. The molecular formula is C50H46BClF2N10O4. The standard InChI is InChI=1S/C25H22FN5O.C19H18ClN5O.C6H6BFO2/c1-17-16-30(25(32)19-5-3-2-4-6-19)13-14-31(17)24-22-15-27-12-11-21(22)23(28-29-24)18-7-9-20(26)10-8-18;1-13-12-24(19(26)14-5-3-2-4-6-14)9-10-25(13)18-16-11-21-8-7-15(16)17(20)22-23-18;8-6-3-1-5(2-4-6)7(9)10/h2-12,15,17H,13-14,16H2,1H3;2-8,11,13H,9-10,12H2,1H3;1-4,9-10H/t17-;13-;/m11./s1. The average molecular weight is 935 g/mol. The molecule has 2 aliphatic heterocycles. The van der Waals surface area contributed by atoms with E-state index in [0.717, 1.165) is 38.7 Å². The van der Waals surface area contributed by atoms with Crippen LogP contribution in [0.3, 0.4) is 0 Å². The van der Waals surface area contributed by atoms with Crippen molar-refractivity contribution in [1.29, 1.82) is 0 Å². The number of fused-ring (bicyclic) bond motifs is 2. The number of carbonyl (C=O) groups is 2.